The van der Waals surface area contributed by atoms with Gasteiger partial charge in [-0.05, 0) is 35.4 Å². The van der Waals surface area contributed by atoms with Crippen molar-refractivity contribution in [3.05, 3.63) is 99.5 Å². The van der Waals surface area contributed by atoms with Gasteiger partial charge < -0.3 is 15.6 Å². The van der Waals surface area contributed by atoms with Crippen LogP contribution in [-0.2, 0) is 11.0 Å². The van der Waals surface area contributed by atoms with Crippen LogP contribution in [0.15, 0.2) is 71.5 Å². The lowest BCUT2D eigenvalue weighted by Gasteiger charge is -2.20. The van der Waals surface area contributed by atoms with Gasteiger partial charge in [-0.3, -0.25) is 14.4 Å². The van der Waals surface area contributed by atoms with Gasteiger partial charge in [0.15, 0.2) is 0 Å². The van der Waals surface area contributed by atoms with Crippen LogP contribution in [-0.4, -0.2) is 16.8 Å². The first kappa shape index (κ1) is 21.8. The molecule has 0 aliphatic rings. The van der Waals surface area contributed by atoms with E-state index in [2.05, 4.69) is 10.6 Å². The molecule has 160 valence electrons. The molecule has 0 aliphatic carbocycles. The van der Waals surface area contributed by atoms with Gasteiger partial charge in [-0.25, -0.2) is 0 Å². The van der Waals surface area contributed by atoms with E-state index < -0.39 is 34.9 Å². The predicted octanol–water partition coefficient (Wildman–Crippen LogP) is 3.87. The van der Waals surface area contributed by atoms with Gasteiger partial charge in [0.25, 0.3) is 11.5 Å². The lowest BCUT2D eigenvalue weighted by Crippen LogP contribution is -2.34. The number of amides is 2. The quantitative estimate of drug-likeness (QED) is 0.575. The highest BCUT2D eigenvalue weighted by atomic mass is 19.4. The van der Waals surface area contributed by atoms with Crippen LogP contribution in [0.25, 0.3) is 0 Å². The van der Waals surface area contributed by atoms with Crippen molar-refractivity contribution >= 4 is 17.5 Å². The molecule has 0 radical (unpaired) electrons. The third kappa shape index (κ3) is 5.39. The maximum atomic E-state index is 12.8. The number of rotatable bonds is 5. The third-order valence-electron chi connectivity index (χ3n) is 4.43. The Morgan fingerprint density at radius 2 is 1.52 bits per heavy atom. The molecule has 1 heterocycles. The minimum absolute atomic E-state index is 0.234. The molecule has 31 heavy (non-hydrogen) atoms. The highest BCUT2D eigenvalue weighted by Crippen LogP contribution is 2.27. The number of nitrogens with one attached hydrogen (secondary N) is 3. The van der Waals surface area contributed by atoms with E-state index in [0.29, 0.717) is 22.9 Å². The highest BCUT2D eigenvalue weighted by Gasteiger charge is 2.32. The van der Waals surface area contributed by atoms with E-state index in [9.17, 15) is 27.6 Å². The summed E-state index contributed by atoms with van der Waals surface area (Å²) in [6.07, 6.45) is -4.73. The average Bonchev–Trinajstić information content (AvgIpc) is 2.72. The maximum absolute atomic E-state index is 12.8. The van der Waals surface area contributed by atoms with E-state index >= 15 is 0 Å². The summed E-state index contributed by atoms with van der Waals surface area (Å²) in [4.78, 5) is 37.7. The lowest BCUT2D eigenvalue weighted by atomic mass is 9.98. The van der Waals surface area contributed by atoms with Gasteiger partial charge in [-0.15, -0.1) is 0 Å². The Labute approximate surface area is 175 Å². The van der Waals surface area contributed by atoms with Crippen molar-refractivity contribution in [2.24, 2.45) is 0 Å². The molecule has 0 saturated carbocycles. The number of benzene rings is 2. The van der Waals surface area contributed by atoms with Gasteiger partial charge >= 0.3 is 6.18 Å². The average molecular weight is 429 g/mol. The first-order valence-electron chi connectivity index (χ1n) is 9.19. The summed E-state index contributed by atoms with van der Waals surface area (Å²) in [5, 5.41) is 5.34. The van der Waals surface area contributed by atoms with Crippen LogP contribution >= 0.6 is 0 Å². The van der Waals surface area contributed by atoms with Gasteiger partial charge in [-0.2, -0.15) is 13.2 Å². The molecular formula is C22H18F3N3O3. The zero-order valence-corrected chi connectivity index (χ0v) is 16.3. The molecule has 0 spiro atoms. The summed E-state index contributed by atoms with van der Waals surface area (Å²) in [6.45, 7) is 1.38. The normalized spacial score (nSPS) is 12.1. The van der Waals surface area contributed by atoms with Crippen molar-refractivity contribution in [2.75, 3.05) is 5.32 Å². The van der Waals surface area contributed by atoms with Gasteiger partial charge in [0, 0.05) is 12.6 Å². The Morgan fingerprint density at radius 3 is 2.06 bits per heavy atom. The van der Waals surface area contributed by atoms with Gasteiger partial charge in [0.2, 0.25) is 5.91 Å². The smallest absolute Gasteiger partial charge is 0.341 e. The van der Waals surface area contributed by atoms with Crippen molar-refractivity contribution in [2.45, 2.75) is 19.1 Å². The fourth-order valence-electron chi connectivity index (χ4n) is 2.99. The summed E-state index contributed by atoms with van der Waals surface area (Å²) in [5.74, 6) is -1.06. The van der Waals surface area contributed by atoms with Gasteiger partial charge in [0.05, 0.1) is 6.04 Å². The fourth-order valence-corrected chi connectivity index (χ4v) is 2.99. The summed E-state index contributed by atoms with van der Waals surface area (Å²) in [5.41, 5.74) is -0.900. The van der Waals surface area contributed by atoms with Gasteiger partial charge in [0.1, 0.15) is 11.3 Å². The monoisotopic (exact) mass is 429 g/mol. The number of hydrogen-bond donors (Lipinski definition) is 3. The zero-order valence-electron chi connectivity index (χ0n) is 16.3. The number of hydrogen-bond acceptors (Lipinski definition) is 3. The number of aromatic nitrogens is 1. The summed E-state index contributed by atoms with van der Waals surface area (Å²) < 4.78 is 38.3. The van der Waals surface area contributed by atoms with Crippen LogP contribution in [0.2, 0.25) is 0 Å². The molecule has 9 heteroatoms. The first-order valence-corrected chi connectivity index (χ1v) is 9.19. The molecule has 3 N–H and O–H groups in total. The standard InChI is InChI=1S/C22H18F3N3O3/c1-13(29)26-16-9-7-15(8-10-16)19(14-5-3-2-4-6-14)28-21(31)17-11-12-18(22(23,24)25)27-20(17)30/h2-12,19H,1H3,(H,26,29)(H,27,30)(H,28,31). The van der Waals surface area contributed by atoms with E-state index in [4.69, 9.17) is 0 Å². The summed E-state index contributed by atoms with van der Waals surface area (Å²) >= 11 is 0. The molecule has 2 amide bonds. The van der Waals surface area contributed by atoms with Crippen molar-refractivity contribution in [3.63, 3.8) is 0 Å². The van der Waals surface area contributed by atoms with E-state index in [1.54, 1.807) is 59.6 Å². The second-order valence-corrected chi connectivity index (χ2v) is 6.73. The molecular weight excluding hydrogens is 411 g/mol. The Hall–Kier alpha value is -3.88. The molecule has 0 fully saturated rings. The summed E-state index contributed by atoms with van der Waals surface area (Å²) in [7, 11) is 0. The fraction of sp³-hybridized carbons (Fsp3) is 0.136. The van der Waals surface area contributed by atoms with Crippen LogP contribution in [0, 0.1) is 0 Å². The highest BCUT2D eigenvalue weighted by molar-refractivity contribution is 5.94. The number of H-pyrrole nitrogens is 1. The molecule has 0 aliphatic heterocycles. The second kappa shape index (κ2) is 8.86. The number of carbonyl (C=O) groups excluding carboxylic acids is 2. The molecule has 1 aromatic heterocycles. The van der Waals surface area contributed by atoms with E-state index in [-0.39, 0.29) is 5.91 Å². The minimum atomic E-state index is -4.73. The Bertz CT molecular complexity index is 1140. The third-order valence-corrected chi connectivity index (χ3v) is 4.43. The number of pyridine rings is 1. The van der Waals surface area contributed by atoms with Gasteiger partial charge in [-0.1, -0.05) is 42.5 Å². The minimum Gasteiger partial charge on any atom is -0.341 e. The predicted molar refractivity (Wildman–Crippen MR) is 109 cm³/mol. The second-order valence-electron chi connectivity index (χ2n) is 6.73. The lowest BCUT2D eigenvalue weighted by molar-refractivity contribution is -0.141. The number of halogens is 3. The number of alkyl halides is 3. The largest absolute Gasteiger partial charge is 0.431 e. The Balaban J connectivity index is 1.92. The van der Waals surface area contributed by atoms with Crippen LogP contribution in [0.5, 0.6) is 0 Å². The number of anilines is 1. The molecule has 6 nitrogen and oxygen atoms in total. The van der Waals surface area contributed by atoms with E-state index in [1.807, 2.05) is 0 Å². The van der Waals surface area contributed by atoms with Crippen LogP contribution in [0.3, 0.4) is 0 Å². The SMILES string of the molecule is CC(=O)Nc1ccc(C(NC(=O)c2ccc(C(F)(F)F)[nH]c2=O)c2ccccc2)cc1. The molecule has 1 unspecified atom stereocenters. The molecule has 3 aromatic rings. The van der Waals surface area contributed by atoms with E-state index in [0.717, 1.165) is 6.07 Å². The Morgan fingerprint density at radius 1 is 0.903 bits per heavy atom. The Kier molecular flexibility index (Phi) is 6.24. The van der Waals surface area contributed by atoms with Crippen molar-refractivity contribution in [1.29, 1.82) is 0 Å². The molecule has 2 aromatic carbocycles. The molecule has 3 rings (SSSR count). The van der Waals surface area contributed by atoms with Crippen molar-refractivity contribution in [3.8, 4) is 0 Å². The van der Waals surface area contributed by atoms with Crippen molar-refractivity contribution < 1.29 is 22.8 Å². The van der Waals surface area contributed by atoms with Crippen molar-refractivity contribution in [1.82, 2.24) is 10.3 Å². The first-order chi connectivity index (χ1) is 14.6. The van der Waals surface area contributed by atoms with E-state index in [1.165, 1.54) is 6.92 Å². The molecule has 0 bridgehead atoms. The molecule has 1 atom stereocenters. The molecule has 0 saturated heterocycles. The maximum Gasteiger partial charge on any atom is 0.431 e. The number of carbonyl (C=O) groups is 2. The topological polar surface area (TPSA) is 91.1 Å². The van der Waals surface area contributed by atoms with Crippen LogP contribution < -0.4 is 16.2 Å². The van der Waals surface area contributed by atoms with Crippen LogP contribution in [0.4, 0.5) is 18.9 Å². The summed E-state index contributed by atoms with van der Waals surface area (Å²) in [6, 6.07) is 16.4. The zero-order chi connectivity index (χ0) is 22.6. The number of aromatic amines is 1. The van der Waals surface area contributed by atoms with Crippen LogP contribution in [0.1, 0.15) is 40.1 Å².